The van der Waals surface area contributed by atoms with Gasteiger partial charge in [-0.25, -0.2) is 0 Å². The molecule has 1 aromatic carbocycles. The highest BCUT2D eigenvalue weighted by molar-refractivity contribution is 7.98. The molecule has 0 saturated heterocycles. The summed E-state index contributed by atoms with van der Waals surface area (Å²) in [6.45, 7) is 5.71. The Bertz CT molecular complexity index is 429. The molecular weight excluding hydrogens is 276 g/mol. The first-order valence-corrected chi connectivity index (χ1v) is 9.38. The number of hydrogen-bond acceptors (Lipinski definition) is 3. The quantitative estimate of drug-likeness (QED) is 0.821. The van der Waals surface area contributed by atoms with Crippen LogP contribution in [0.15, 0.2) is 24.3 Å². The second-order valence-electron chi connectivity index (χ2n) is 6.28. The van der Waals surface area contributed by atoms with Crippen LogP contribution in [0.5, 0.6) is 0 Å². The fraction of sp³-hybridized carbons (Fsp3) is 0.667. The zero-order valence-electron chi connectivity index (χ0n) is 13.9. The van der Waals surface area contributed by atoms with Crippen LogP contribution in [0.4, 0.5) is 0 Å². The van der Waals surface area contributed by atoms with Crippen molar-refractivity contribution in [3.05, 3.63) is 35.4 Å². The lowest BCUT2D eigenvalue weighted by molar-refractivity contribution is 0.190. The van der Waals surface area contributed by atoms with Crippen molar-refractivity contribution in [2.45, 2.75) is 44.5 Å². The number of fused-ring (bicyclic) bond motifs is 1. The maximum Gasteiger partial charge on any atom is 0.0415 e. The monoisotopic (exact) mass is 306 g/mol. The SMILES string of the molecule is CCC(CC)C(CNC1CSCc2ccccc21)N(C)C. The molecule has 21 heavy (non-hydrogen) atoms. The summed E-state index contributed by atoms with van der Waals surface area (Å²) in [4.78, 5) is 2.40. The molecule has 0 aromatic heterocycles. The lowest BCUT2D eigenvalue weighted by Crippen LogP contribution is -2.44. The Balaban J connectivity index is 2.02. The minimum Gasteiger partial charge on any atom is -0.308 e. The Morgan fingerprint density at radius 3 is 2.62 bits per heavy atom. The summed E-state index contributed by atoms with van der Waals surface area (Å²) >= 11 is 2.05. The van der Waals surface area contributed by atoms with E-state index in [1.165, 1.54) is 29.7 Å². The minimum absolute atomic E-state index is 0.511. The van der Waals surface area contributed by atoms with Gasteiger partial charge in [0.2, 0.25) is 0 Å². The van der Waals surface area contributed by atoms with Crippen molar-refractivity contribution in [2.24, 2.45) is 5.92 Å². The molecule has 3 heteroatoms. The smallest absolute Gasteiger partial charge is 0.0415 e. The molecule has 0 radical (unpaired) electrons. The number of likely N-dealkylation sites (N-methyl/N-ethyl adjacent to an activating group) is 1. The summed E-state index contributed by atoms with van der Waals surface area (Å²) in [6, 6.07) is 10.0. The van der Waals surface area contributed by atoms with Crippen molar-refractivity contribution in [3.63, 3.8) is 0 Å². The van der Waals surface area contributed by atoms with Gasteiger partial charge in [0.05, 0.1) is 0 Å². The molecule has 2 nitrogen and oxygen atoms in total. The van der Waals surface area contributed by atoms with Gasteiger partial charge in [-0.1, -0.05) is 51.0 Å². The summed E-state index contributed by atoms with van der Waals surface area (Å²) in [5, 5.41) is 3.85. The van der Waals surface area contributed by atoms with E-state index >= 15 is 0 Å². The highest BCUT2D eigenvalue weighted by Crippen LogP contribution is 2.31. The van der Waals surface area contributed by atoms with E-state index in [0.29, 0.717) is 12.1 Å². The standard InChI is InChI=1S/C18H30N2S/c1-5-14(6-2)18(20(3)4)11-19-17-13-21-12-15-9-7-8-10-16(15)17/h7-10,14,17-19H,5-6,11-13H2,1-4H3. The number of benzene rings is 1. The third kappa shape index (κ3) is 4.24. The Morgan fingerprint density at radius 1 is 1.24 bits per heavy atom. The Labute approximate surface area is 134 Å². The second-order valence-corrected chi connectivity index (χ2v) is 7.31. The van der Waals surface area contributed by atoms with Gasteiger partial charge in [-0.3, -0.25) is 0 Å². The van der Waals surface area contributed by atoms with Crippen molar-refractivity contribution >= 4 is 11.8 Å². The van der Waals surface area contributed by atoms with Gasteiger partial charge in [-0.15, -0.1) is 0 Å². The van der Waals surface area contributed by atoms with Gasteiger partial charge in [0.1, 0.15) is 0 Å². The third-order valence-corrected chi connectivity index (χ3v) is 5.89. The third-order valence-electron chi connectivity index (χ3n) is 4.80. The summed E-state index contributed by atoms with van der Waals surface area (Å²) < 4.78 is 0. The van der Waals surface area contributed by atoms with E-state index in [9.17, 15) is 0 Å². The van der Waals surface area contributed by atoms with E-state index in [1.807, 2.05) is 11.8 Å². The lowest BCUT2D eigenvalue weighted by Gasteiger charge is -2.34. The van der Waals surface area contributed by atoms with Crippen LogP contribution in [0.3, 0.4) is 0 Å². The van der Waals surface area contributed by atoms with Gasteiger partial charge in [0.15, 0.2) is 0 Å². The van der Waals surface area contributed by atoms with Crippen molar-refractivity contribution in [1.29, 1.82) is 0 Å². The second kappa shape index (κ2) is 8.21. The van der Waals surface area contributed by atoms with Crippen LogP contribution in [0.2, 0.25) is 0 Å². The fourth-order valence-corrected chi connectivity index (χ4v) is 4.55. The topological polar surface area (TPSA) is 15.3 Å². The van der Waals surface area contributed by atoms with Crippen molar-refractivity contribution < 1.29 is 0 Å². The van der Waals surface area contributed by atoms with E-state index < -0.39 is 0 Å². The van der Waals surface area contributed by atoms with Crippen molar-refractivity contribution in [2.75, 3.05) is 26.4 Å². The molecule has 2 unspecified atom stereocenters. The number of rotatable bonds is 7. The first-order valence-electron chi connectivity index (χ1n) is 8.22. The Morgan fingerprint density at radius 2 is 1.95 bits per heavy atom. The van der Waals surface area contributed by atoms with Gasteiger partial charge in [-0.05, 0) is 31.1 Å². The zero-order chi connectivity index (χ0) is 15.2. The van der Waals surface area contributed by atoms with E-state index in [4.69, 9.17) is 0 Å². The summed E-state index contributed by atoms with van der Waals surface area (Å²) in [5.41, 5.74) is 3.02. The maximum atomic E-state index is 3.85. The number of thioether (sulfide) groups is 1. The Kier molecular flexibility index (Phi) is 6.59. The average Bonchev–Trinajstić information content (AvgIpc) is 2.51. The highest BCUT2D eigenvalue weighted by atomic mass is 32.2. The molecular formula is C18H30N2S. The van der Waals surface area contributed by atoms with Gasteiger partial charge < -0.3 is 10.2 Å². The summed E-state index contributed by atoms with van der Waals surface area (Å²) in [5.74, 6) is 3.14. The molecule has 2 rings (SSSR count). The van der Waals surface area contributed by atoms with Crippen LogP contribution >= 0.6 is 11.8 Å². The maximum absolute atomic E-state index is 3.85. The van der Waals surface area contributed by atoms with Gasteiger partial charge >= 0.3 is 0 Å². The minimum atomic E-state index is 0.511. The molecule has 0 aliphatic carbocycles. The van der Waals surface area contributed by atoms with E-state index in [0.717, 1.165) is 18.2 Å². The molecule has 118 valence electrons. The number of nitrogens with one attached hydrogen (secondary N) is 1. The largest absolute Gasteiger partial charge is 0.308 e. The van der Waals surface area contributed by atoms with Crippen LogP contribution in [0, 0.1) is 5.92 Å². The molecule has 1 aliphatic rings. The van der Waals surface area contributed by atoms with E-state index in [-0.39, 0.29) is 0 Å². The molecule has 0 spiro atoms. The van der Waals surface area contributed by atoms with Crippen molar-refractivity contribution in [1.82, 2.24) is 10.2 Å². The summed E-state index contributed by atoms with van der Waals surface area (Å²) in [6.07, 6.45) is 2.52. The molecule has 1 heterocycles. The van der Waals surface area contributed by atoms with Crippen LogP contribution in [0.25, 0.3) is 0 Å². The van der Waals surface area contributed by atoms with Crippen molar-refractivity contribution in [3.8, 4) is 0 Å². The normalized spacial score (nSPS) is 19.8. The first-order chi connectivity index (χ1) is 10.2. The first kappa shape index (κ1) is 16.9. The van der Waals surface area contributed by atoms with Gasteiger partial charge in [-0.2, -0.15) is 11.8 Å². The molecule has 0 fully saturated rings. The molecule has 0 saturated carbocycles. The predicted octanol–water partition coefficient (Wildman–Crippen LogP) is 3.93. The van der Waals surface area contributed by atoms with Crippen LogP contribution in [-0.4, -0.2) is 37.3 Å². The lowest BCUT2D eigenvalue weighted by atomic mass is 9.92. The highest BCUT2D eigenvalue weighted by Gasteiger charge is 2.24. The average molecular weight is 307 g/mol. The van der Waals surface area contributed by atoms with Gasteiger partial charge in [0.25, 0.3) is 0 Å². The predicted molar refractivity (Wildman–Crippen MR) is 94.9 cm³/mol. The van der Waals surface area contributed by atoms with E-state index in [2.05, 4.69) is 62.4 Å². The number of hydrogen-bond donors (Lipinski definition) is 1. The van der Waals surface area contributed by atoms with E-state index in [1.54, 1.807) is 0 Å². The Hall–Kier alpha value is -0.510. The van der Waals surface area contributed by atoms with Gasteiger partial charge in [0, 0.05) is 30.1 Å². The van der Waals surface area contributed by atoms with Crippen LogP contribution < -0.4 is 5.32 Å². The molecule has 1 N–H and O–H groups in total. The fourth-order valence-electron chi connectivity index (χ4n) is 3.42. The molecule has 1 aliphatic heterocycles. The van der Waals surface area contributed by atoms with Crippen LogP contribution in [0.1, 0.15) is 43.9 Å². The molecule has 0 amide bonds. The zero-order valence-corrected chi connectivity index (χ0v) is 14.7. The molecule has 1 aromatic rings. The number of nitrogens with zero attached hydrogens (tertiary/aromatic N) is 1. The van der Waals surface area contributed by atoms with Crippen LogP contribution in [-0.2, 0) is 5.75 Å². The summed E-state index contributed by atoms with van der Waals surface area (Å²) in [7, 11) is 4.43. The molecule has 2 atom stereocenters. The molecule has 0 bridgehead atoms.